The molecule has 0 heterocycles. The number of methoxy groups -OCH3 is 2. The van der Waals surface area contributed by atoms with Gasteiger partial charge in [0.1, 0.15) is 23.0 Å². The van der Waals surface area contributed by atoms with Crippen LogP contribution in [0.3, 0.4) is 0 Å². The van der Waals surface area contributed by atoms with E-state index in [2.05, 4.69) is 0 Å². The van der Waals surface area contributed by atoms with Crippen LogP contribution >= 0.6 is 0 Å². The first-order valence-corrected chi connectivity index (χ1v) is 5.98. The Kier molecular flexibility index (Phi) is 4.68. The predicted octanol–water partition coefficient (Wildman–Crippen LogP) is 2.88. The van der Waals surface area contributed by atoms with Crippen LogP contribution in [0, 0.1) is 0 Å². The molecule has 0 N–H and O–H groups in total. The van der Waals surface area contributed by atoms with Crippen molar-refractivity contribution in [2.75, 3.05) is 14.2 Å². The Balaban J connectivity index is 1.91. The van der Waals surface area contributed by atoms with Crippen molar-refractivity contribution in [3.05, 3.63) is 48.5 Å². The molecule has 0 aliphatic carbocycles. The van der Waals surface area contributed by atoms with E-state index in [9.17, 15) is 5.11 Å². The molecule has 5 heteroatoms. The second kappa shape index (κ2) is 6.68. The maximum Gasteiger partial charge on any atom is 0.388 e. The topological polar surface area (TPSA) is 56.8 Å². The minimum Gasteiger partial charge on any atom is -0.497 e. The lowest BCUT2D eigenvalue weighted by atomic mass is 10.3. The summed E-state index contributed by atoms with van der Waals surface area (Å²) in [5.41, 5.74) is 0. The molecule has 0 aliphatic heterocycles. The van der Waals surface area contributed by atoms with E-state index in [-0.39, 0.29) is 0 Å². The van der Waals surface area contributed by atoms with E-state index < -0.39 is 6.48 Å². The molecule has 2 aromatic carbocycles. The smallest absolute Gasteiger partial charge is 0.388 e. The van der Waals surface area contributed by atoms with Gasteiger partial charge in [0.25, 0.3) is 0 Å². The summed E-state index contributed by atoms with van der Waals surface area (Å²) in [6.45, 7) is -1.64. The van der Waals surface area contributed by atoms with E-state index in [0.717, 1.165) is 0 Å². The number of rotatable bonds is 6. The second-order valence-electron chi connectivity index (χ2n) is 3.88. The van der Waals surface area contributed by atoms with E-state index in [1.807, 2.05) is 0 Å². The Bertz CT molecular complexity index is 471. The molecule has 20 heavy (non-hydrogen) atoms. The Morgan fingerprint density at radius 3 is 1.25 bits per heavy atom. The summed E-state index contributed by atoms with van der Waals surface area (Å²) in [6.07, 6.45) is 0. The van der Waals surface area contributed by atoms with Crippen molar-refractivity contribution < 1.29 is 24.1 Å². The van der Waals surface area contributed by atoms with Crippen LogP contribution in [-0.2, 0) is 5.11 Å². The molecule has 2 rings (SSSR count). The lowest BCUT2D eigenvalue weighted by molar-refractivity contribution is -0.199. The highest BCUT2D eigenvalue weighted by Crippen LogP contribution is 2.21. The van der Waals surface area contributed by atoms with E-state index in [0.29, 0.717) is 23.0 Å². The molecule has 5 nitrogen and oxygen atoms in total. The summed E-state index contributed by atoms with van der Waals surface area (Å²) in [5.74, 6) is 2.21. The molecule has 0 atom stereocenters. The number of ether oxygens (including phenoxy) is 4. The predicted molar refractivity (Wildman–Crippen MR) is 71.7 cm³/mol. The maximum absolute atomic E-state index is 11.7. The molecular formula is C15H15O5. The van der Waals surface area contributed by atoms with Crippen molar-refractivity contribution in [1.82, 2.24) is 0 Å². The molecule has 105 valence electrons. The van der Waals surface area contributed by atoms with Crippen LogP contribution in [0.15, 0.2) is 48.5 Å². The molecule has 0 amide bonds. The Morgan fingerprint density at radius 1 is 0.650 bits per heavy atom. The fourth-order valence-electron chi connectivity index (χ4n) is 1.55. The van der Waals surface area contributed by atoms with Gasteiger partial charge in [0, 0.05) is 0 Å². The standard InChI is InChI=1S/C15H15O5/c1-17-11-3-7-13(8-4-11)19-15(16)20-14-9-5-12(18-2)6-10-14/h3-10,15H,1-2H3. The summed E-state index contributed by atoms with van der Waals surface area (Å²) in [4.78, 5) is 0. The first kappa shape index (κ1) is 14.0. The third-order valence-corrected chi connectivity index (χ3v) is 2.58. The molecule has 2 aromatic rings. The molecule has 0 saturated heterocycles. The molecule has 0 aromatic heterocycles. The van der Waals surface area contributed by atoms with Crippen molar-refractivity contribution in [2.24, 2.45) is 0 Å². The lowest BCUT2D eigenvalue weighted by Crippen LogP contribution is -2.21. The zero-order valence-electron chi connectivity index (χ0n) is 11.2. The molecular weight excluding hydrogens is 260 g/mol. The monoisotopic (exact) mass is 275 g/mol. The van der Waals surface area contributed by atoms with Crippen molar-refractivity contribution in [1.29, 1.82) is 0 Å². The number of hydrogen-bond acceptors (Lipinski definition) is 4. The second-order valence-corrected chi connectivity index (χ2v) is 3.88. The molecule has 0 aliphatic rings. The minimum atomic E-state index is -1.64. The van der Waals surface area contributed by atoms with Crippen LogP contribution in [0.1, 0.15) is 0 Å². The van der Waals surface area contributed by atoms with Crippen LogP contribution in [-0.4, -0.2) is 20.7 Å². The van der Waals surface area contributed by atoms with Gasteiger partial charge >= 0.3 is 6.48 Å². The first-order valence-electron chi connectivity index (χ1n) is 5.98. The van der Waals surface area contributed by atoms with Gasteiger partial charge in [-0.3, -0.25) is 0 Å². The van der Waals surface area contributed by atoms with Gasteiger partial charge in [0.15, 0.2) is 0 Å². The first-order chi connectivity index (χ1) is 9.71. The number of hydrogen-bond donors (Lipinski definition) is 0. The molecule has 0 spiro atoms. The Morgan fingerprint density at radius 2 is 0.950 bits per heavy atom. The summed E-state index contributed by atoms with van der Waals surface area (Å²) in [6, 6.07) is 13.4. The molecule has 1 radical (unpaired) electrons. The van der Waals surface area contributed by atoms with Crippen LogP contribution in [0.5, 0.6) is 23.0 Å². The van der Waals surface area contributed by atoms with Crippen LogP contribution in [0.25, 0.3) is 0 Å². The third kappa shape index (κ3) is 3.80. The van der Waals surface area contributed by atoms with E-state index in [1.54, 1.807) is 62.8 Å². The van der Waals surface area contributed by atoms with Crippen LogP contribution in [0.4, 0.5) is 0 Å². The van der Waals surface area contributed by atoms with Gasteiger partial charge in [-0.2, -0.15) is 0 Å². The largest absolute Gasteiger partial charge is 0.497 e. The summed E-state index contributed by atoms with van der Waals surface area (Å²) in [7, 11) is 3.14. The number of benzene rings is 2. The maximum atomic E-state index is 11.7. The zero-order chi connectivity index (χ0) is 14.4. The normalized spacial score (nSPS) is 10.2. The van der Waals surface area contributed by atoms with Gasteiger partial charge in [-0.15, -0.1) is 5.11 Å². The van der Waals surface area contributed by atoms with Gasteiger partial charge < -0.3 is 18.9 Å². The van der Waals surface area contributed by atoms with Gasteiger partial charge in [-0.25, -0.2) is 0 Å². The van der Waals surface area contributed by atoms with Gasteiger partial charge in [-0.05, 0) is 48.5 Å². The van der Waals surface area contributed by atoms with E-state index in [4.69, 9.17) is 18.9 Å². The summed E-state index contributed by atoms with van der Waals surface area (Å²) in [5, 5.41) is 11.7. The fourth-order valence-corrected chi connectivity index (χ4v) is 1.55. The lowest BCUT2D eigenvalue weighted by Gasteiger charge is -2.13. The van der Waals surface area contributed by atoms with Crippen molar-refractivity contribution in [3.63, 3.8) is 0 Å². The minimum absolute atomic E-state index is 0.416. The third-order valence-electron chi connectivity index (χ3n) is 2.58. The Labute approximate surface area is 117 Å². The van der Waals surface area contributed by atoms with E-state index >= 15 is 0 Å². The molecule has 0 saturated carbocycles. The van der Waals surface area contributed by atoms with Crippen LogP contribution < -0.4 is 18.9 Å². The van der Waals surface area contributed by atoms with Gasteiger partial charge in [0.2, 0.25) is 0 Å². The summed E-state index contributed by atoms with van der Waals surface area (Å²) >= 11 is 0. The summed E-state index contributed by atoms with van der Waals surface area (Å²) < 4.78 is 20.2. The highest BCUT2D eigenvalue weighted by molar-refractivity contribution is 5.32. The van der Waals surface area contributed by atoms with E-state index in [1.165, 1.54) is 0 Å². The van der Waals surface area contributed by atoms with Crippen molar-refractivity contribution in [3.8, 4) is 23.0 Å². The van der Waals surface area contributed by atoms with Crippen LogP contribution in [0.2, 0.25) is 0 Å². The van der Waals surface area contributed by atoms with Crippen molar-refractivity contribution >= 4 is 0 Å². The highest BCUT2D eigenvalue weighted by Gasteiger charge is 2.09. The zero-order valence-corrected chi connectivity index (χ0v) is 11.2. The van der Waals surface area contributed by atoms with Gasteiger partial charge in [-0.1, -0.05) is 0 Å². The molecule has 0 unspecified atom stereocenters. The molecule has 0 bridgehead atoms. The Hall–Kier alpha value is -2.40. The fraction of sp³-hybridized carbons (Fsp3) is 0.200. The molecule has 0 fully saturated rings. The average molecular weight is 275 g/mol. The average Bonchev–Trinajstić information content (AvgIpc) is 2.49. The van der Waals surface area contributed by atoms with Gasteiger partial charge in [0.05, 0.1) is 14.2 Å². The van der Waals surface area contributed by atoms with Crippen molar-refractivity contribution in [2.45, 2.75) is 6.48 Å². The highest BCUT2D eigenvalue weighted by atomic mass is 16.8. The SMILES string of the molecule is COc1ccc(OC([O])Oc2ccc(OC)cc2)cc1. The quantitative estimate of drug-likeness (QED) is 0.761.